The van der Waals surface area contributed by atoms with Crippen molar-refractivity contribution >= 4 is 23.3 Å². The van der Waals surface area contributed by atoms with Gasteiger partial charge in [0.05, 0.1) is 23.8 Å². The van der Waals surface area contributed by atoms with E-state index in [1.165, 1.54) is 12.1 Å². The standard InChI is InChI=1S/C24H21N3O5/c1-32-20-13-9-16(10-14-20)21-15-22(28)26(18-5-3-2-4-6-18)24(29)25-23(21)17-7-11-19(12-8-17)27(30)31/h2-14,21,23H,15H2,1H3,(H,25,29)/t21-,23-/m1/s1. The van der Waals surface area contributed by atoms with Crippen LogP contribution in [0.3, 0.4) is 0 Å². The molecule has 1 saturated heterocycles. The first-order valence-corrected chi connectivity index (χ1v) is 10.0. The van der Waals surface area contributed by atoms with Crippen LogP contribution in [0.2, 0.25) is 0 Å². The minimum Gasteiger partial charge on any atom is -0.497 e. The molecule has 1 N–H and O–H groups in total. The Morgan fingerprint density at radius 3 is 2.16 bits per heavy atom. The van der Waals surface area contributed by atoms with Crippen molar-refractivity contribution in [1.82, 2.24) is 5.32 Å². The Morgan fingerprint density at radius 1 is 0.938 bits per heavy atom. The molecule has 1 aliphatic rings. The number of imide groups is 1. The van der Waals surface area contributed by atoms with Gasteiger partial charge < -0.3 is 10.1 Å². The largest absolute Gasteiger partial charge is 0.497 e. The Hall–Kier alpha value is -4.20. The van der Waals surface area contributed by atoms with Crippen LogP contribution in [0.5, 0.6) is 5.75 Å². The van der Waals surface area contributed by atoms with Gasteiger partial charge in [0, 0.05) is 24.5 Å². The number of nitrogens with zero attached hydrogens (tertiary/aromatic N) is 2. The first-order valence-electron chi connectivity index (χ1n) is 10.0. The second-order valence-corrected chi connectivity index (χ2v) is 7.42. The SMILES string of the molecule is COc1ccc([C@H]2CC(=O)N(c3ccccc3)C(=O)N[C@@H]2c2ccc([N+](=O)[O-])cc2)cc1. The molecule has 8 heteroatoms. The summed E-state index contributed by atoms with van der Waals surface area (Å²) in [4.78, 5) is 38.1. The van der Waals surface area contributed by atoms with Gasteiger partial charge in [0.2, 0.25) is 5.91 Å². The van der Waals surface area contributed by atoms with Gasteiger partial charge in [-0.1, -0.05) is 42.5 Å². The second kappa shape index (κ2) is 8.89. The number of carbonyl (C=O) groups excluding carboxylic acids is 2. The Labute approximate surface area is 184 Å². The van der Waals surface area contributed by atoms with Crippen molar-refractivity contribution in [1.29, 1.82) is 0 Å². The third-order valence-electron chi connectivity index (χ3n) is 5.55. The molecule has 162 valence electrons. The third kappa shape index (κ3) is 4.15. The van der Waals surface area contributed by atoms with E-state index in [1.54, 1.807) is 55.6 Å². The zero-order valence-electron chi connectivity index (χ0n) is 17.3. The van der Waals surface area contributed by atoms with Crippen molar-refractivity contribution in [3.05, 3.63) is 100 Å². The molecule has 8 nitrogen and oxygen atoms in total. The normalized spacial score (nSPS) is 18.6. The summed E-state index contributed by atoms with van der Waals surface area (Å²) >= 11 is 0. The van der Waals surface area contributed by atoms with Gasteiger partial charge in [-0.25, -0.2) is 9.69 Å². The number of methoxy groups -OCH3 is 1. The van der Waals surface area contributed by atoms with Gasteiger partial charge in [0.25, 0.3) is 5.69 Å². The van der Waals surface area contributed by atoms with Crippen LogP contribution in [0.1, 0.15) is 29.5 Å². The molecule has 3 amide bonds. The summed E-state index contributed by atoms with van der Waals surface area (Å²) in [5, 5.41) is 14.0. The summed E-state index contributed by atoms with van der Waals surface area (Å²) in [5.41, 5.74) is 1.95. The zero-order valence-corrected chi connectivity index (χ0v) is 17.3. The molecule has 1 fully saturated rings. The van der Waals surface area contributed by atoms with E-state index in [0.29, 0.717) is 17.0 Å². The fourth-order valence-corrected chi connectivity index (χ4v) is 3.93. The number of hydrogen-bond donors (Lipinski definition) is 1. The predicted molar refractivity (Wildman–Crippen MR) is 119 cm³/mol. The van der Waals surface area contributed by atoms with Crippen molar-refractivity contribution in [3.8, 4) is 5.75 Å². The first kappa shape index (κ1) is 21.0. The molecule has 2 atom stereocenters. The van der Waals surface area contributed by atoms with Crippen molar-refractivity contribution in [2.75, 3.05) is 12.0 Å². The van der Waals surface area contributed by atoms with Crippen LogP contribution in [0.4, 0.5) is 16.2 Å². The molecule has 0 aliphatic carbocycles. The number of non-ortho nitro benzene ring substituents is 1. The maximum atomic E-state index is 13.2. The highest BCUT2D eigenvalue weighted by molar-refractivity contribution is 6.15. The van der Waals surface area contributed by atoms with Gasteiger partial charge >= 0.3 is 6.03 Å². The zero-order chi connectivity index (χ0) is 22.7. The number of nitro benzene ring substituents is 1. The molecule has 4 rings (SSSR count). The molecule has 0 radical (unpaired) electrons. The summed E-state index contributed by atoms with van der Waals surface area (Å²) in [6.45, 7) is 0. The van der Waals surface area contributed by atoms with Crippen LogP contribution in [-0.2, 0) is 4.79 Å². The number of anilines is 1. The molecule has 0 unspecified atom stereocenters. The van der Waals surface area contributed by atoms with Gasteiger partial charge in [-0.3, -0.25) is 14.9 Å². The average Bonchev–Trinajstić information content (AvgIpc) is 2.95. The number of ether oxygens (including phenoxy) is 1. The summed E-state index contributed by atoms with van der Waals surface area (Å²) in [6, 6.07) is 21.0. The summed E-state index contributed by atoms with van der Waals surface area (Å²) in [7, 11) is 1.57. The number of rotatable bonds is 5. The average molecular weight is 431 g/mol. The number of amides is 3. The minimum absolute atomic E-state index is 0.0447. The Morgan fingerprint density at radius 2 is 1.56 bits per heavy atom. The maximum absolute atomic E-state index is 13.2. The molecule has 0 saturated carbocycles. The highest BCUT2D eigenvalue weighted by Gasteiger charge is 2.37. The summed E-state index contributed by atoms with van der Waals surface area (Å²) in [5.74, 6) is -0.0398. The van der Waals surface area contributed by atoms with Crippen LogP contribution in [-0.4, -0.2) is 24.0 Å². The van der Waals surface area contributed by atoms with Crippen LogP contribution < -0.4 is 15.0 Å². The molecule has 0 spiro atoms. The highest BCUT2D eigenvalue weighted by atomic mass is 16.6. The quantitative estimate of drug-likeness (QED) is 0.471. The van der Waals surface area contributed by atoms with Crippen LogP contribution in [0, 0.1) is 10.1 Å². The van der Waals surface area contributed by atoms with Gasteiger partial charge in [-0.15, -0.1) is 0 Å². The minimum atomic E-state index is -0.561. The molecule has 3 aromatic rings. The van der Waals surface area contributed by atoms with Gasteiger partial charge in [-0.05, 0) is 35.4 Å². The van der Waals surface area contributed by atoms with Gasteiger partial charge in [0.15, 0.2) is 0 Å². The van der Waals surface area contributed by atoms with E-state index in [2.05, 4.69) is 5.32 Å². The molecular formula is C24H21N3O5. The van der Waals surface area contributed by atoms with E-state index < -0.39 is 17.0 Å². The predicted octanol–water partition coefficient (Wildman–Crippen LogP) is 4.57. The number of carbonyl (C=O) groups is 2. The lowest BCUT2D eigenvalue weighted by Crippen LogP contribution is -2.42. The number of urea groups is 1. The lowest BCUT2D eigenvalue weighted by molar-refractivity contribution is -0.384. The van der Waals surface area contributed by atoms with E-state index in [0.717, 1.165) is 10.5 Å². The van der Waals surface area contributed by atoms with Crippen LogP contribution in [0.25, 0.3) is 0 Å². The summed E-state index contributed by atoms with van der Waals surface area (Å²) in [6.07, 6.45) is 0.0710. The third-order valence-corrected chi connectivity index (χ3v) is 5.55. The number of hydrogen-bond acceptors (Lipinski definition) is 5. The Bertz CT molecular complexity index is 1130. The first-order chi connectivity index (χ1) is 15.5. The molecule has 0 bridgehead atoms. The van der Waals surface area contributed by atoms with E-state index >= 15 is 0 Å². The van der Waals surface area contributed by atoms with Crippen molar-refractivity contribution in [2.24, 2.45) is 0 Å². The Balaban J connectivity index is 1.76. The number of nitro groups is 1. The molecular weight excluding hydrogens is 410 g/mol. The molecule has 3 aromatic carbocycles. The Kier molecular flexibility index (Phi) is 5.85. The summed E-state index contributed by atoms with van der Waals surface area (Å²) < 4.78 is 5.23. The van der Waals surface area contributed by atoms with E-state index in [4.69, 9.17) is 4.74 Å². The monoisotopic (exact) mass is 431 g/mol. The van der Waals surface area contributed by atoms with E-state index in [9.17, 15) is 19.7 Å². The van der Waals surface area contributed by atoms with E-state index in [1.807, 2.05) is 18.2 Å². The van der Waals surface area contributed by atoms with Crippen LogP contribution >= 0.6 is 0 Å². The lowest BCUT2D eigenvalue weighted by Gasteiger charge is -2.25. The van der Waals surface area contributed by atoms with Crippen LogP contribution in [0.15, 0.2) is 78.9 Å². The molecule has 1 aliphatic heterocycles. The smallest absolute Gasteiger partial charge is 0.329 e. The van der Waals surface area contributed by atoms with Gasteiger partial charge in [-0.2, -0.15) is 0 Å². The van der Waals surface area contributed by atoms with E-state index in [-0.39, 0.29) is 23.9 Å². The number of benzene rings is 3. The molecule has 1 heterocycles. The maximum Gasteiger partial charge on any atom is 0.329 e. The van der Waals surface area contributed by atoms with Crippen molar-refractivity contribution < 1.29 is 19.2 Å². The highest BCUT2D eigenvalue weighted by Crippen LogP contribution is 2.38. The number of nitrogens with one attached hydrogen (secondary N) is 1. The lowest BCUT2D eigenvalue weighted by atomic mass is 9.84. The molecule has 0 aromatic heterocycles. The fraction of sp³-hybridized carbons (Fsp3) is 0.167. The fourth-order valence-electron chi connectivity index (χ4n) is 3.93. The second-order valence-electron chi connectivity index (χ2n) is 7.42. The van der Waals surface area contributed by atoms with Gasteiger partial charge in [0.1, 0.15) is 5.75 Å². The number of para-hydroxylation sites is 1. The van der Waals surface area contributed by atoms with Crippen molar-refractivity contribution in [3.63, 3.8) is 0 Å². The molecule has 32 heavy (non-hydrogen) atoms. The topological polar surface area (TPSA) is 102 Å². The van der Waals surface area contributed by atoms with Crippen molar-refractivity contribution in [2.45, 2.75) is 18.4 Å².